The van der Waals surface area contributed by atoms with Gasteiger partial charge in [-0.25, -0.2) is 14.8 Å². The third-order valence-corrected chi connectivity index (χ3v) is 5.89. The smallest absolute Gasteiger partial charge is 0.410 e. The molecule has 2 aromatic rings. The minimum absolute atomic E-state index is 0.1000. The van der Waals surface area contributed by atoms with Crippen LogP contribution >= 0.6 is 0 Å². The van der Waals surface area contributed by atoms with Crippen LogP contribution in [0.3, 0.4) is 0 Å². The number of hydrogen-bond donors (Lipinski definition) is 1. The fourth-order valence-corrected chi connectivity index (χ4v) is 4.12. The van der Waals surface area contributed by atoms with Crippen molar-refractivity contribution in [2.75, 3.05) is 68.0 Å². The minimum atomic E-state index is -0.540. The van der Waals surface area contributed by atoms with E-state index in [9.17, 15) is 9.59 Å². The summed E-state index contributed by atoms with van der Waals surface area (Å²) in [5.41, 5.74) is 7.44. The molecule has 2 saturated heterocycles. The molecule has 2 fully saturated rings. The maximum atomic E-state index is 13.2. The molecule has 0 aliphatic carbocycles. The van der Waals surface area contributed by atoms with E-state index in [0.29, 0.717) is 45.2 Å². The summed E-state index contributed by atoms with van der Waals surface area (Å²) in [7, 11) is 0. The van der Waals surface area contributed by atoms with E-state index < -0.39 is 5.60 Å². The Hall–Kier alpha value is -3.47. The topological polar surface area (TPSA) is 127 Å². The molecule has 11 nitrogen and oxygen atoms in total. The largest absolute Gasteiger partial charge is 0.444 e. The van der Waals surface area contributed by atoms with Crippen molar-refractivity contribution in [2.24, 2.45) is 0 Å². The second kappa shape index (κ2) is 10.4. The Morgan fingerprint density at radius 1 is 1.06 bits per heavy atom. The highest BCUT2D eigenvalue weighted by atomic mass is 16.6. The molecule has 2 aliphatic rings. The van der Waals surface area contributed by atoms with E-state index in [0.717, 1.165) is 24.3 Å². The summed E-state index contributed by atoms with van der Waals surface area (Å²) in [6, 6.07) is 1.92. The van der Waals surface area contributed by atoms with Gasteiger partial charge in [0.1, 0.15) is 11.4 Å². The Labute approximate surface area is 205 Å². The number of rotatable bonds is 5. The number of ketones is 1. The highest BCUT2D eigenvalue weighted by molar-refractivity contribution is 6.00. The third-order valence-electron chi connectivity index (χ3n) is 5.89. The van der Waals surface area contributed by atoms with Crippen molar-refractivity contribution in [2.45, 2.75) is 32.8 Å². The van der Waals surface area contributed by atoms with Gasteiger partial charge >= 0.3 is 6.09 Å². The second-order valence-corrected chi connectivity index (χ2v) is 9.62. The van der Waals surface area contributed by atoms with Crippen molar-refractivity contribution in [3.63, 3.8) is 0 Å². The predicted molar refractivity (Wildman–Crippen MR) is 132 cm³/mol. The summed E-state index contributed by atoms with van der Waals surface area (Å²) in [5, 5.41) is 0. The van der Waals surface area contributed by atoms with E-state index in [-0.39, 0.29) is 29.8 Å². The van der Waals surface area contributed by atoms with Crippen molar-refractivity contribution in [1.29, 1.82) is 0 Å². The van der Waals surface area contributed by atoms with Gasteiger partial charge in [-0.05, 0) is 26.8 Å². The number of pyridine rings is 1. The van der Waals surface area contributed by atoms with Crippen LogP contribution in [0.5, 0.6) is 0 Å². The summed E-state index contributed by atoms with van der Waals surface area (Å²) < 4.78 is 10.9. The van der Waals surface area contributed by atoms with Crippen molar-refractivity contribution in [3.05, 3.63) is 35.9 Å². The van der Waals surface area contributed by atoms with Gasteiger partial charge in [-0.15, -0.1) is 0 Å². The van der Waals surface area contributed by atoms with Gasteiger partial charge in [0.15, 0.2) is 17.3 Å². The van der Waals surface area contributed by atoms with Gasteiger partial charge in [0.05, 0.1) is 19.4 Å². The quantitative estimate of drug-likeness (QED) is 0.629. The van der Waals surface area contributed by atoms with Gasteiger partial charge < -0.3 is 29.9 Å². The normalized spacial score (nSPS) is 16.8. The molecule has 4 heterocycles. The lowest BCUT2D eigenvalue weighted by molar-refractivity contribution is 0.0240. The molecule has 1 amide bonds. The number of carbonyl (C=O) groups is 2. The molecule has 0 saturated carbocycles. The van der Waals surface area contributed by atoms with Crippen LogP contribution < -0.4 is 15.5 Å². The number of anilines is 3. The lowest BCUT2D eigenvalue weighted by atomic mass is 10.1. The molecular formula is C24H33N7O4. The summed E-state index contributed by atoms with van der Waals surface area (Å²) in [6.07, 6.45) is 4.80. The number of amides is 1. The number of Topliss-reactive ketones (excluding diaryl/α,β-unsaturated/α-hetero) is 1. The van der Waals surface area contributed by atoms with E-state index in [2.05, 4.69) is 19.9 Å². The van der Waals surface area contributed by atoms with Gasteiger partial charge in [0, 0.05) is 69.3 Å². The van der Waals surface area contributed by atoms with Gasteiger partial charge in [-0.1, -0.05) is 0 Å². The first-order chi connectivity index (χ1) is 16.7. The molecule has 4 rings (SSSR count). The van der Waals surface area contributed by atoms with Crippen molar-refractivity contribution >= 4 is 29.2 Å². The van der Waals surface area contributed by atoms with Crippen LogP contribution in [-0.2, 0) is 15.9 Å². The third kappa shape index (κ3) is 6.16. The van der Waals surface area contributed by atoms with Crippen LogP contribution in [0.2, 0.25) is 0 Å². The molecule has 2 aliphatic heterocycles. The van der Waals surface area contributed by atoms with Crippen LogP contribution in [-0.4, -0.2) is 89.8 Å². The molecule has 0 radical (unpaired) electrons. The summed E-state index contributed by atoms with van der Waals surface area (Å²) in [6.45, 7) is 10.4. The Morgan fingerprint density at radius 2 is 1.77 bits per heavy atom. The summed E-state index contributed by atoms with van der Waals surface area (Å²) >= 11 is 0. The van der Waals surface area contributed by atoms with Crippen LogP contribution in [0.15, 0.2) is 24.7 Å². The number of nitrogens with zero attached hydrogens (tertiary/aromatic N) is 6. The van der Waals surface area contributed by atoms with Crippen molar-refractivity contribution in [3.8, 4) is 0 Å². The zero-order valence-electron chi connectivity index (χ0n) is 20.6. The second-order valence-electron chi connectivity index (χ2n) is 9.62. The lowest BCUT2D eigenvalue weighted by Crippen LogP contribution is -2.50. The molecule has 11 heteroatoms. The molecule has 2 N–H and O–H groups in total. The molecule has 35 heavy (non-hydrogen) atoms. The maximum Gasteiger partial charge on any atom is 0.410 e. The average molecular weight is 484 g/mol. The summed E-state index contributed by atoms with van der Waals surface area (Å²) in [5.74, 6) is 0.445. The molecule has 0 atom stereocenters. The fraction of sp³-hybridized carbons (Fsp3) is 0.542. The molecule has 0 aromatic carbocycles. The van der Waals surface area contributed by atoms with E-state index in [4.69, 9.17) is 15.2 Å². The molecule has 188 valence electrons. The average Bonchev–Trinajstić information content (AvgIpc) is 2.84. The minimum Gasteiger partial charge on any atom is -0.444 e. The van der Waals surface area contributed by atoms with Gasteiger partial charge in [0.25, 0.3) is 0 Å². The number of nitrogens with two attached hydrogens (primary N) is 1. The molecule has 0 unspecified atom stereocenters. The zero-order valence-corrected chi connectivity index (χ0v) is 20.6. The van der Waals surface area contributed by atoms with Gasteiger partial charge in [0.2, 0.25) is 0 Å². The molecule has 0 spiro atoms. The first kappa shape index (κ1) is 24.6. The Kier molecular flexibility index (Phi) is 7.34. The highest BCUT2D eigenvalue weighted by Crippen LogP contribution is 2.24. The van der Waals surface area contributed by atoms with Crippen LogP contribution in [0, 0.1) is 0 Å². The Morgan fingerprint density at radius 3 is 2.46 bits per heavy atom. The van der Waals surface area contributed by atoms with Gasteiger partial charge in [-0.3, -0.25) is 9.78 Å². The number of carbonyl (C=O) groups excluding carboxylic acids is 2. The summed E-state index contributed by atoms with van der Waals surface area (Å²) in [4.78, 5) is 44.5. The first-order valence-electron chi connectivity index (χ1n) is 11.9. The Bertz CT molecular complexity index is 1060. The number of ether oxygens (including phenoxy) is 2. The number of hydrogen-bond acceptors (Lipinski definition) is 10. The van der Waals surface area contributed by atoms with Crippen molar-refractivity contribution in [1.82, 2.24) is 19.9 Å². The van der Waals surface area contributed by atoms with E-state index in [1.165, 1.54) is 0 Å². The van der Waals surface area contributed by atoms with E-state index in [1.54, 1.807) is 23.5 Å². The standard InChI is InChI=1S/C24H33N7O4/c1-24(2,3)35-23(33)31-8-6-30(7-9-31)20-16-27-22(25)21(28-20)19(32)14-17-15-26-5-4-18(17)29-10-12-34-13-11-29/h4-5,15-16H,6-14H2,1-3H3,(H2,25,27). The van der Waals surface area contributed by atoms with E-state index in [1.807, 2.05) is 31.7 Å². The number of piperazine rings is 1. The number of morpholine rings is 1. The Balaban J connectivity index is 1.44. The van der Waals surface area contributed by atoms with Crippen LogP contribution in [0.1, 0.15) is 36.8 Å². The number of aromatic nitrogens is 3. The maximum absolute atomic E-state index is 13.2. The van der Waals surface area contributed by atoms with Gasteiger partial charge in [-0.2, -0.15) is 0 Å². The fourth-order valence-electron chi connectivity index (χ4n) is 4.12. The van der Waals surface area contributed by atoms with Crippen LogP contribution in [0.25, 0.3) is 0 Å². The highest BCUT2D eigenvalue weighted by Gasteiger charge is 2.27. The first-order valence-corrected chi connectivity index (χ1v) is 11.9. The van der Waals surface area contributed by atoms with Crippen LogP contribution in [0.4, 0.5) is 22.1 Å². The molecule has 0 bridgehead atoms. The number of nitrogen functional groups attached to an aromatic ring is 1. The van der Waals surface area contributed by atoms with E-state index >= 15 is 0 Å². The zero-order chi connectivity index (χ0) is 25.0. The molecule has 2 aromatic heterocycles. The predicted octanol–water partition coefficient (Wildman–Crippen LogP) is 1.77. The lowest BCUT2D eigenvalue weighted by Gasteiger charge is -2.36. The van der Waals surface area contributed by atoms with Crippen molar-refractivity contribution < 1.29 is 19.1 Å². The molecular weight excluding hydrogens is 450 g/mol. The monoisotopic (exact) mass is 483 g/mol. The SMILES string of the molecule is CC(C)(C)OC(=O)N1CCN(c2cnc(N)c(C(=O)Cc3cnccc3N3CCOCC3)n2)CC1.